The zero-order valence-electron chi connectivity index (χ0n) is 59.8. The second-order valence-corrected chi connectivity index (χ2v) is 26.9. The molecule has 0 aliphatic heterocycles. The monoisotopic (exact) mass is 1640 g/mol. The van der Waals surface area contributed by atoms with E-state index in [2.05, 4.69) is 208 Å². The molecule has 0 aliphatic carbocycles. The first kappa shape index (κ1) is 90.5. The predicted octanol–water partition coefficient (Wildman–Crippen LogP) is 24.7. The summed E-state index contributed by atoms with van der Waals surface area (Å²) in [6.07, 6.45) is 0. The van der Waals surface area contributed by atoms with Gasteiger partial charge in [-0.3, -0.25) is 9.11 Å². The Bertz CT molecular complexity index is 4970. The molecule has 0 heterocycles. The van der Waals surface area contributed by atoms with Crippen LogP contribution in [0.1, 0.15) is 51.8 Å². The smallest absolute Gasteiger partial charge is 0.522 e. The van der Waals surface area contributed by atoms with E-state index in [1.54, 1.807) is 24.3 Å². The van der Waals surface area contributed by atoms with Crippen LogP contribution in [0.5, 0.6) is 0 Å². The standard InChI is InChI=1S/C22H16.C21H15N.C20H16N2.2C10H14N2O.2CHF3O3S.CH4.2Cu/c1-15-11-13-17-7-3-5-9-19(17)21(15)22-16(2)12-14-18-8-4-6-10-20(18)22;1-14-10-11-15-6-2-4-8-17(15)20(14)21-18-9-5-3-7-16(18)12-13-19(21)22;21-17-11-9-13-5-1-3-7-15(13)19(17)20-16-8-4-2-6-14(16)10-12-18(20)22;2*1-3-12(4-2)10-7-5-9(11-13)6-8-10;2*2-1(3,4)8(5,6)7;;;/h3-14H,1-2H2;2-13,22H,1H2;1-12H,21-22H2;2*5-8H,3-4H2,1-2H3;2*(H,5,6,7);1H4;;/q2*-2;;;;;;;;. The van der Waals surface area contributed by atoms with E-state index < -0.39 is 31.3 Å². The molecule has 14 aromatic rings. The normalized spacial score (nSPS) is 10.9. The summed E-state index contributed by atoms with van der Waals surface area (Å²) >= 11 is 0. The minimum absolute atomic E-state index is 0. The molecule has 588 valence electrons. The van der Waals surface area contributed by atoms with Crippen LogP contribution < -0.4 is 21.3 Å². The van der Waals surface area contributed by atoms with E-state index in [1.807, 2.05) is 103 Å². The van der Waals surface area contributed by atoms with Crippen LogP contribution in [0.4, 0.5) is 66.2 Å². The van der Waals surface area contributed by atoms with Crippen LogP contribution in [0.25, 0.3) is 104 Å². The molecule has 0 spiro atoms. The quantitative estimate of drug-likeness (QED) is 0.0180. The number of nitrogens with one attached hydrogen (secondary N) is 1. The molecule has 111 heavy (non-hydrogen) atoms. The fraction of sp³-hybridized carbons (Fsp3) is 0.128. The van der Waals surface area contributed by atoms with Gasteiger partial charge in [-0.15, -0.1) is 39.3 Å². The Morgan fingerprint density at radius 3 is 0.793 bits per heavy atom. The maximum atomic E-state index is 10.7. The first-order valence-electron chi connectivity index (χ1n) is 33.6. The van der Waals surface area contributed by atoms with Crippen molar-refractivity contribution in [2.24, 2.45) is 10.4 Å². The van der Waals surface area contributed by atoms with Crippen molar-refractivity contribution in [3.05, 3.63) is 320 Å². The maximum Gasteiger partial charge on any atom is 0.522 e. The molecule has 0 atom stereocenters. The number of nitrogens with zero attached hydrogens (tertiary/aromatic N) is 4. The number of fused-ring (bicyclic) bond motifs is 6. The van der Waals surface area contributed by atoms with Crippen LogP contribution >= 0.6 is 0 Å². The number of anilines is 4. The molecule has 0 unspecified atom stereocenters. The van der Waals surface area contributed by atoms with Crippen LogP contribution in [0.2, 0.25) is 0 Å². The molecular weight excluding hydrogens is 1560 g/mol. The number of hydrogen-bond donors (Lipinski definition) is 4. The molecule has 14 rings (SSSR count). The largest absolute Gasteiger partial charge is 0.699 e. The molecule has 2 radical (unpaired) electrons. The van der Waals surface area contributed by atoms with E-state index in [9.17, 15) is 36.2 Å². The molecule has 0 aliphatic rings. The molecule has 14 aromatic carbocycles. The number of rotatable bonds is 11. The van der Waals surface area contributed by atoms with Crippen LogP contribution in [-0.2, 0) is 54.4 Å². The third-order valence-electron chi connectivity index (χ3n) is 17.4. The summed E-state index contributed by atoms with van der Waals surface area (Å²) in [7, 11) is -11.7. The van der Waals surface area contributed by atoms with Crippen molar-refractivity contribution in [1.82, 2.24) is 0 Å². The summed E-state index contributed by atoms with van der Waals surface area (Å²) in [5.74, 6) is 0. The fourth-order valence-corrected chi connectivity index (χ4v) is 12.1. The van der Waals surface area contributed by atoms with Crippen molar-refractivity contribution in [3.63, 3.8) is 0 Å². The first-order chi connectivity index (χ1) is 51.4. The average molecular weight is 1650 g/mol. The number of nitroso groups, excluding NO2 is 2. The van der Waals surface area contributed by atoms with Gasteiger partial charge in [0.1, 0.15) is 11.4 Å². The van der Waals surface area contributed by atoms with Gasteiger partial charge < -0.3 is 27.0 Å². The van der Waals surface area contributed by atoms with E-state index in [0.29, 0.717) is 17.1 Å². The van der Waals surface area contributed by atoms with Gasteiger partial charge in [-0.1, -0.05) is 199 Å². The summed E-state index contributed by atoms with van der Waals surface area (Å²) < 4.78 is 115. The van der Waals surface area contributed by atoms with Gasteiger partial charge in [0.15, 0.2) is 0 Å². The summed E-state index contributed by atoms with van der Waals surface area (Å²) in [6, 6.07) is 89.1. The Morgan fingerprint density at radius 2 is 0.559 bits per heavy atom. The van der Waals surface area contributed by atoms with Gasteiger partial charge in [-0.25, -0.2) is 0 Å². The number of benzene rings is 14. The summed E-state index contributed by atoms with van der Waals surface area (Å²) in [5.41, 5.74) is 24.8. The van der Waals surface area contributed by atoms with Crippen LogP contribution in [0, 0.1) is 30.6 Å². The molecule has 15 nitrogen and oxygen atoms in total. The molecule has 0 aromatic heterocycles. The predicted molar refractivity (Wildman–Crippen MR) is 440 cm³/mol. The molecule has 7 N–H and O–H groups in total. The third-order valence-corrected chi connectivity index (χ3v) is 18.6. The average Bonchev–Trinajstić information content (AvgIpc) is 0.770. The number of halogens is 6. The number of hydrogen-bond acceptors (Lipinski definition) is 12. The Balaban J connectivity index is 0.000000238. The van der Waals surface area contributed by atoms with E-state index in [1.165, 1.54) is 48.8 Å². The van der Waals surface area contributed by atoms with Gasteiger partial charge in [-0.05, 0) is 147 Å². The molecular formula is C86H81Cu2F6N7O8S2-4. The van der Waals surface area contributed by atoms with Crippen LogP contribution in [0.15, 0.2) is 277 Å². The topological polar surface area (TPSA) is 250 Å². The van der Waals surface area contributed by atoms with Gasteiger partial charge in [0, 0.05) is 94.2 Å². The van der Waals surface area contributed by atoms with Gasteiger partial charge in [0.2, 0.25) is 0 Å². The van der Waals surface area contributed by atoms with Crippen molar-refractivity contribution in [1.29, 1.82) is 0 Å². The van der Waals surface area contributed by atoms with Crippen molar-refractivity contribution in [3.8, 4) is 33.4 Å². The second-order valence-electron chi connectivity index (χ2n) is 24.1. The molecule has 0 amide bonds. The Labute approximate surface area is 663 Å². The van der Waals surface area contributed by atoms with Gasteiger partial charge in [0.25, 0.3) is 0 Å². The van der Waals surface area contributed by atoms with Gasteiger partial charge >= 0.3 is 31.3 Å². The van der Waals surface area contributed by atoms with E-state index in [0.717, 1.165) is 115 Å². The van der Waals surface area contributed by atoms with Gasteiger partial charge in [-0.2, -0.15) is 110 Å². The summed E-state index contributed by atoms with van der Waals surface area (Å²) in [4.78, 5) is 24.8. The Kier molecular flexibility index (Phi) is 33.1. The van der Waals surface area contributed by atoms with E-state index in [4.69, 9.17) is 43.1 Å². The molecule has 0 bridgehead atoms. The van der Waals surface area contributed by atoms with Crippen LogP contribution in [0.3, 0.4) is 0 Å². The summed E-state index contributed by atoms with van der Waals surface area (Å²) in [6.45, 7) is 25.1. The first-order valence-corrected chi connectivity index (χ1v) is 36.5. The molecule has 0 fully saturated rings. The number of nitrogens with two attached hydrogens (primary N) is 2. The van der Waals surface area contributed by atoms with Crippen molar-refractivity contribution < 1.29 is 86.4 Å². The Morgan fingerprint density at radius 1 is 0.351 bits per heavy atom. The van der Waals surface area contributed by atoms with Crippen molar-refractivity contribution in [2.45, 2.75) is 46.1 Å². The molecule has 25 heteroatoms. The second kappa shape index (κ2) is 40.5. The number of nitrogen functional groups attached to an aromatic ring is 2. The number of alkyl halides is 6. The minimum Gasteiger partial charge on any atom is -0.699 e. The molecule has 0 saturated heterocycles. The van der Waals surface area contributed by atoms with Crippen molar-refractivity contribution in [2.75, 3.05) is 47.4 Å². The third kappa shape index (κ3) is 22.6. The fourth-order valence-electron chi connectivity index (χ4n) is 12.1. The maximum absolute atomic E-state index is 10.7. The van der Waals surface area contributed by atoms with E-state index >= 15 is 0 Å². The SMILES string of the molecule is C.CCN(CC)c1ccc(N=O)cc1.CCN(CC)c1ccc(N=O)cc1.Nc1ccc2ccccc2c1-c1c(N)ccc2ccccc12.O=S(=O)(O)C(F)(F)F.O=S(=O)(O)C(F)(F)F.[CH2-]c1ccc2ccccc2c1-c1c([CH2-])ccc2ccccc12.[CH2-]c1ccc2ccccc2c1-c1c([NH-])ccc2ccccc12.[Cu].[Cu]. The van der Waals surface area contributed by atoms with E-state index in [-0.39, 0.29) is 41.6 Å². The zero-order chi connectivity index (χ0) is 78.7. The Hall–Kier alpha value is -11.1. The van der Waals surface area contributed by atoms with Crippen molar-refractivity contribution >= 4 is 125 Å². The molecule has 0 saturated carbocycles. The van der Waals surface area contributed by atoms with Crippen LogP contribution in [-0.4, -0.2) is 63.1 Å². The summed E-state index contributed by atoms with van der Waals surface area (Å²) in [5, 5.41) is 19.8. The van der Waals surface area contributed by atoms with Gasteiger partial charge in [0.05, 0.1) is 0 Å². The minimum atomic E-state index is -5.84. The zero-order valence-corrected chi connectivity index (χ0v) is 63.3.